The first-order valence-corrected chi connectivity index (χ1v) is 7.08. The van der Waals surface area contributed by atoms with Crippen LogP contribution in [0.4, 0.5) is 10.1 Å². The minimum atomic E-state index is -3.62. The van der Waals surface area contributed by atoms with E-state index in [1.807, 2.05) is 0 Å². The van der Waals surface area contributed by atoms with Crippen LogP contribution < -0.4 is 5.73 Å². The summed E-state index contributed by atoms with van der Waals surface area (Å²) in [4.78, 5) is 0.0233. The van der Waals surface area contributed by atoms with Crippen molar-refractivity contribution in [2.45, 2.75) is 23.8 Å². The van der Waals surface area contributed by atoms with E-state index in [9.17, 15) is 12.8 Å². The molecule has 0 atom stereocenters. The number of anilines is 1. The fourth-order valence-electron chi connectivity index (χ4n) is 1.75. The van der Waals surface area contributed by atoms with E-state index in [0.717, 1.165) is 25.0 Å². The average Bonchev–Trinajstić information content (AvgIpc) is 3.13. The molecule has 6 heteroatoms. The first-order valence-electron chi connectivity index (χ1n) is 5.64. The minimum Gasteiger partial charge on any atom is -0.396 e. The average molecular weight is 270 g/mol. The minimum absolute atomic E-state index is 0.0233. The van der Waals surface area contributed by atoms with Gasteiger partial charge in [0, 0.05) is 12.6 Å². The number of nitrogens with two attached hydrogens (primary N) is 1. The van der Waals surface area contributed by atoms with Crippen molar-refractivity contribution in [3.05, 3.63) is 36.7 Å². The number of halogens is 1. The monoisotopic (exact) mass is 270 g/mol. The zero-order chi connectivity index (χ0) is 13.3. The van der Waals surface area contributed by atoms with Crippen molar-refractivity contribution in [1.82, 2.24) is 4.31 Å². The van der Waals surface area contributed by atoms with Crippen LogP contribution in [0.1, 0.15) is 12.8 Å². The second kappa shape index (κ2) is 4.70. The van der Waals surface area contributed by atoms with Gasteiger partial charge in [-0.2, -0.15) is 4.31 Å². The lowest BCUT2D eigenvalue weighted by atomic mass is 10.3. The van der Waals surface area contributed by atoms with Crippen molar-refractivity contribution < 1.29 is 12.8 Å². The largest absolute Gasteiger partial charge is 0.396 e. The predicted molar refractivity (Wildman–Crippen MR) is 67.9 cm³/mol. The summed E-state index contributed by atoms with van der Waals surface area (Å²) in [5, 5.41) is 0. The van der Waals surface area contributed by atoms with Crippen LogP contribution in [-0.4, -0.2) is 25.3 Å². The molecule has 18 heavy (non-hydrogen) atoms. The Morgan fingerprint density at radius 2 is 2.17 bits per heavy atom. The molecule has 0 amide bonds. The van der Waals surface area contributed by atoms with Gasteiger partial charge in [0.25, 0.3) is 0 Å². The number of benzene rings is 1. The van der Waals surface area contributed by atoms with Gasteiger partial charge in [0.2, 0.25) is 10.0 Å². The maximum atomic E-state index is 13.1. The first kappa shape index (κ1) is 13.0. The van der Waals surface area contributed by atoms with Crippen molar-refractivity contribution >= 4 is 15.7 Å². The molecule has 2 N–H and O–H groups in total. The fraction of sp³-hybridized carbons (Fsp3) is 0.333. The lowest BCUT2D eigenvalue weighted by molar-refractivity contribution is 0.436. The third-order valence-corrected chi connectivity index (χ3v) is 4.75. The number of sulfonamides is 1. The second-order valence-electron chi connectivity index (χ2n) is 4.28. The van der Waals surface area contributed by atoms with Crippen LogP contribution in [0.3, 0.4) is 0 Å². The van der Waals surface area contributed by atoms with Crippen molar-refractivity contribution in [2.24, 2.45) is 0 Å². The molecule has 1 aliphatic carbocycles. The molecule has 0 unspecified atom stereocenters. The summed E-state index contributed by atoms with van der Waals surface area (Å²) >= 11 is 0. The molecule has 1 fully saturated rings. The van der Waals surface area contributed by atoms with Crippen LogP contribution in [-0.2, 0) is 10.0 Å². The van der Waals surface area contributed by atoms with Crippen LogP contribution in [0.5, 0.6) is 0 Å². The van der Waals surface area contributed by atoms with Crippen molar-refractivity contribution in [1.29, 1.82) is 0 Å². The number of hydrogen-bond donors (Lipinski definition) is 1. The van der Waals surface area contributed by atoms with E-state index in [0.29, 0.717) is 0 Å². The molecular weight excluding hydrogens is 255 g/mol. The fourth-order valence-corrected chi connectivity index (χ4v) is 3.44. The number of hydrogen-bond acceptors (Lipinski definition) is 3. The zero-order valence-electron chi connectivity index (χ0n) is 9.84. The summed E-state index contributed by atoms with van der Waals surface area (Å²) in [6.07, 6.45) is 3.25. The maximum absolute atomic E-state index is 13.1. The Bertz CT molecular complexity index is 567. The summed E-state index contributed by atoms with van der Waals surface area (Å²) in [6.45, 7) is 3.81. The first-order chi connectivity index (χ1) is 8.46. The molecule has 1 aromatic rings. The van der Waals surface area contributed by atoms with Crippen molar-refractivity contribution in [3.63, 3.8) is 0 Å². The smallest absolute Gasteiger partial charge is 0.243 e. The number of nitrogens with zero attached hydrogens (tertiary/aromatic N) is 1. The Morgan fingerprint density at radius 1 is 1.50 bits per heavy atom. The molecule has 0 aliphatic heterocycles. The van der Waals surface area contributed by atoms with Crippen molar-refractivity contribution in [3.8, 4) is 0 Å². The Hall–Kier alpha value is -1.40. The highest BCUT2D eigenvalue weighted by atomic mass is 32.2. The standard InChI is InChI=1S/C12H15FN2O2S/c1-2-7-15(9-3-4-9)18(16,17)10-5-6-11(13)12(14)8-10/h2,5-6,8-9H,1,3-4,7,14H2. The Balaban J connectivity index is 2.39. The molecule has 4 nitrogen and oxygen atoms in total. The highest BCUT2D eigenvalue weighted by Gasteiger charge is 2.37. The molecule has 1 aliphatic rings. The third kappa shape index (κ3) is 2.39. The van der Waals surface area contributed by atoms with Gasteiger partial charge in [0.1, 0.15) is 5.82 Å². The van der Waals surface area contributed by atoms with Crippen molar-refractivity contribution in [2.75, 3.05) is 12.3 Å². The topological polar surface area (TPSA) is 63.4 Å². The summed E-state index contributed by atoms with van der Waals surface area (Å²) in [5.74, 6) is -0.615. The van der Waals surface area contributed by atoms with Gasteiger partial charge in [0.15, 0.2) is 0 Å². The van der Waals surface area contributed by atoms with E-state index in [4.69, 9.17) is 5.73 Å². The molecule has 0 bridgehead atoms. The van der Waals surface area contributed by atoms with Gasteiger partial charge in [-0.3, -0.25) is 0 Å². The Morgan fingerprint density at radius 3 is 2.67 bits per heavy atom. The van der Waals surface area contributed by atoms with Crippen LogP contribution in [0.15, 0.2) is 35.7 Å². The van der Waals surface area contributed by atoms with E-state index in [2.05, 4.69) is 6.58 Å². The van der Waals surface area contributed by atoms with Crippen LogP contribution >= 0.6 is 0 Å². The summed E-state index contributed by atoms with van der Waals surface area (Å²) < 4.78 is 39.2. The molecule has 0 aromatic heterocycles. The quantitative estimate of drug-likeness (QED) is 0.655. The highest BCUT2D eigenvalue weighted by molar-refractivity contribution is 7.89. The van der Waals surface area contributed by atoms with Gasteiger partial charge in [-0.1, -0.05) is 6.08 Å². The molecule has 98 valence electrons. The molecule has 0 heterocycles. The molecule has 1 aromatic carbocycles. The summed E-state index contributed by atoms with van der Waals surface area (Å²) in [6, 6.07) is 3.49. The van der Waals surface area contributed by atoms with Gasteiger partial charge in [-0.05, 0) is 31.0 Å². The van der Waals surface area contributed by atoms with Gasteiger partial charge in [-0.15, -0.1) is 6.58 Å². The van der Waals surface area contributed by atoms with Gasteiger partial charge in [0.05, 0.1) is 10.6 Å². The zero-order valence-corrected chi connectivity index (χ0v) is 10.7. The molecule has 2 rings (SSSR count). The van der Waals surface area contributed by atoms with Crippen LogP contribution in [0.2, 0.25) is 0 Å². The Kier molecular flexibility index (Phi) is 3.41. The SMILES string of the molecule is C=CCN(C1CC1)S(=O)(=O)c1ccc(F)c(N)c1. The van der Waals surface area contributed by atoms with E-state index < -0.39 is 15.8 Å². The summed E-state index contributed by atoms with van der Waals surface area (Å²) in [5.41, 5.74) is 5.24. The van der Waals surface area contributed by atoms with Gasteiger partial charge < -0.3 is 5.73 Å². The molecule has 1 saturated carbocycles. The van der Waals surface area contributed by atoms with Gasteiger partial charge >= 0.3 is 0 Å². The Labute approximate surface area is 106 Å². The second-order valence-corrected chi connectivity index (χ2v) is 6.17. The van der Waals surface area contributed by atoms with Crippen LogP contribution in [0, 0.1) is 5.82 Å². The molecule has 0 saturated heterocycles. The van der Waals surface area contributed by atoms with E-state index in [1.54, 1.807) is 6.08 Å². The molecular formula is C12H15FN2O2S. The highest BCUT2D eigenvalue weighted by Crippen LogP contribution is 2.32. The van der Waals surface area contributed by atoms with Crippen LogP contribution in [0.25, 0.3) is 0 Å². The maximum Gasteiger partial charge on any atom is 0.243 e. The molecule has 0 spiro atoms. The number of rotatable bonds is 5. The van der Waals surface area contributed by atoms with E-state index in [-0.39, 0.29) is 23.2 Å². The lowest BCUT2D eigenvalue weighted by Crippen LogP contribution is -2.33. The third-order valence-electron chi connectivity index (χ3n) is 2.84. The molecule has 0 radical (unpaired) electrons. The normalized spacial score (nSPS) is 15.9. The van der Waals surface area contributed by atoms with E-state index >= 15 is 0 Å². The summed E-state index contributed by atoms with van der Waals surface area (Å²) in [7, 11) is -3.62. The lowest BCUT2D eigenvalue weighted by Gasteiger charge is -2.20. The predicted octanol–water partition coefficient (Wildman–Crippen LogP) is 1.75. The number of nitrogen functional groups attached to an aromatic ring is 1. The van der Waals surface area contributed by atoms with Gasteiger partial charge in [-0.25, -0.2) is 12.8 Å². The van der Waals surface area contributed by atoms with E-state index in [1.165, 1.54) is 10.4 Å².